The minimum atomic E-state index is -0.334. The Balaban J connectivity index is 1.71. The molecule has 1 heterocycles. The van der Waals surface area contributed by atoms with Crippen molar-refractivity contribution in [1.82, 2.24) is 10.3 Å². The van der Waals surface area contributed by atoms with Gasteiger partial charge in [0.05, 0.1) is 0 Å². The molecule has 2 aromatic rings. The van der Waals surface area contributed by atoms with E-state index in [0.29, 0.717) is 12.8 Å². The summed E-state index contributed by atoms with van der Waals surface area (Å²) < 4.78 is 5.04. The Kier molecular flexibility index (Phi) is 6.01. The highest BCUT2D eigenvalue weighted by atomic mass is 16.5. The summed E-state index contributed by atoms with van der Waals surface area (Å²) in [4.78, 5) is 26.7. The number of carbonyl (C=O) groups excluding carboxylic acids is 2. The SMILES string of the molecule is CCC(C)(C)NC(=O)COC(=O)CCCc1c[nH]c2ccccc12. The molecule has 0 aliphatic rings. The van der Waals surface area contributed by atoms with E-state index in [1.807, 2.05) is 45.2 Å². The number of esters is 1. The summed E-state index contributed by atoms with van der Waals surface area (Å²) in [5.74, 6) is -0.592. The van der Waals surface area contributed by atoms with Crippen molar-refractivity contribution in [3.63, 3.8) is 0 Å². The number of hydrogen-bond donors (Lipinski definition) is 2. The molecular formula is C19H26N2O3. The fourth-order valence-corrected chi connectivity index (χ4v) is 2.48. The molecule has 0 saturated heterocycles. The summed E-state index contributed by atoms with van der Waals surface area (Å²) in [6.07, 6.45) is 4.61. The number of nitrogens with one attached hydrogen (secondary N) is 2. The van der Waals surface area contributed by atoms with E-state index in [1.54, 1.807) is 0 Å². The summed E-state index contributed by atoms with van der Waals surface area (Å²) in [5, 5.41) is 4.03. The second-order valence-electron chi connectivity index (χ2n) is 6.66. The fourth-order valence-electron chi connectivity index (χ4n) is 2.48. The van der Waals surface area contributed by atoms with Gasteiger partial charge in [0.1, 0.15) is 0 Å². The normalized spacial score (nSPS) is 11.5. The van der Waals surface area contributed by atoms with E-state index in [2.05, 4.69) is 16.4 Å². The number of aryl methyl sites for hydroxylation is 1. The molecule has 2 rings (SSSR count). The van der Waals surface area contributed by atoms with E-state index in [0.717, 1.165) is 18.4 Å². The minimum Gasteiger partial charge on any atom is -0.456 e. The monoisotopic (exact) mass is 330 g/mol. The second-order valence-corrected chi connectivity index (χ2v) is 6.66. The fraction of sp³-hybridized carbons (Fsp3) is 0.474. The van der Waals surface area contributed by atoms with Crippen LogP contribution in [-0.2, 0) is 20.7 Å². The van der Waals surface area contributed by atoms with Gasteiger partial charge in [-0.05, 0) is 44.7 Å². The van der Waals surface area contributed by atoms with Crippen molar-refractivity contribution in [2.45, 2.75) is 52.0 Å². The number of carbonyl (C=O) groups is 2. The number of amides is 1. The molecule has 130 valence electrons. The maximum atomic E-state index is 11.8. The number of hydrogen-bond acceptors (Lipinski definition) is 3. The summed E-state index contributed by atoms with van der Waals surface area (Å²) >= 11 is 0. The molecule has 0 atom stereocenters. The van der Waals surface area contributed by atoms with Gasteiger partial charge in [-0.3, -0.25) is 9.59 Å². The molecule has 1 aromatic heterocycles. The highest BCUT2D eigenvalue weighted by Crippen LogP contribution is 2.19. The van der Waals surface area contributed by atoms with E-state index in [9.17, 15) is 9.59 Å². The van der Waals surface area contributed by atoms with E-state index in [4.69, 9.17) is 4.74 Å². The molecule has 5 heteroatoms. The molecular weight excluding hydrogens is 304 g/mol. The van der Waals surface area contributed by atoms with Gasteiger partial charge >= 0.3 is 5.97 Å². The average molecular weight is 330 g/mol. The molecule has 0 saturated carbocycles. The summed E-state index contributed by atoms with van der Waals surface area (Å²) in [5.41, 5.74) is 2.02. The van der Waals surface area contributed by atoms with Crippen LogP contribution >= 0.6 is 0 Å². The summed E-state index contributed by atoms with van der Waals surface area (Å²) in [6.45, 7) is 5.66. The van der Waals surface area contributed by atoms with E-state index in [1.165, 1.54) is 10.9 Å². The third-order valence-electron chi connectivity index (χ3n) is 4.23. The van der Waals surface area contributed by atoms with Gasteiger partial charge in [0, 0.05) is 29.1 Å². The highest BCUT2D eigenvalue weighted by Gasteiger charge is 2.18. The Hall–Kier alpha value is -2.30. The predicted octanol–water partition coefficient (Wildman–Crippen LogP) is 3.34. The standard InChI is InChI=1S/C19H26N2O3/c1-4-19(2,3)21-17(22)13-24-18(23)11-7-8-14-12-20-16-10-6-5-9-15(14)16/h5-6,9-10,12,20H,4,7-8,11,13H2,1-3H3,(H,21,22). The van der Waals surface area contributed by atoms with Gasteiger partial charge in [0.25, 0.3) is 5.91 Å². The minimum absolute atomic E-state index is 0.213. The average Bonchev–Trinajstić information content (AvgIpc) is 2.96. The van der Waals surface area contributed by atoms with Crippen LogP contribution in [0.25, 0.3) is 10.9 Å². The van der Waals surface area contributed by atoms with Crippen molar-refractivity contribution in [3.8, 4) is 0 Å². The maximum absolute atomic E-state index is 11.8. The van der Waals surface area contributed by atoms with Crippen LogP contribution in [0, 0.1) is 0 Å². The third kappa shape index (κ3) is 5.11. The Morgan fingerprint density at radius 1 is 1.25 bits per heavy atom. The van der Waals surface area contributed by atoms with E-state index in [-0.39, 0.29) is 24.0 Å². The molecule has 0 aliphatic carbocycles. The zero-order chi connectivity index (χ0) is 17.6. The van der Waals surface area contributed by atoms with E-state index >= 15 is 0 Å². The molecule has 2 N–H and O–H groups in total. The zero-order valence-electron chi connectivity index (χ0n) is 14.6. The lowest BCUT2D eigenvalue weighted by Crippen LogP contribution is -2.44. The van der Waals surface area contributed by atoms with Crippen molar-refractivity contribution in [3.05, 3.63) is 36.0 Å². The lowest BCUT2D eigenvalue weighted by Gasteiger charge is -2.24. The number of rotatable bonds is 8. The number of H-pyrrole nitrogens is 1. The topological polar surface area (TPSA) is 71.2 Å². The predicted molar refractivity (Wildman–Crippen MR) is 94.7 cm³/mol. The van der Waals surface area contributed by atoms with Crippen LogP contribution in [0.4, 0.5) is 0 Å². The molecule has 0 bridgehead atoms. The van der Waals surface area contributed by atoms with Crippen LogP contribution < -0.4 is 5.32 Å². The van der Waals surface area contributed by atoms with Gasteiger partial charge in [-0.2, -0.15) is 0 Å². The van der Waals surface area contributed by atoms with Crippen molar-refractivity contribution in [2.24, 2.45) is 0 Å². The Labute approximate surface area is 142 Å². The van der Waals surface area contributed by atoms with Crippen molar-refractivity contribution < 1.29 is 14.3 Å². The van der Waals surface area contributed by atoms with Gasteiger partial charge < -0.3 is 15.0 Å². The Morgan fingerprint density at radius 3 is 2.75 bits per heavy atom. The molecule has 1 amide bonds. The largest absolute Gasteiger partial charge is 0.456 e. The first-order valence-corrected chi connectivity index (χ1v) is 8.43. The quantitative estimate of drug-likeness (QED) is 0.729. The third-order valence-corrected chi connectivity index (χ3v) is 4.23. The number of ether oxygens (including phenoxy) is 1. The molecule has 0 radical (unpaired) electrons. The molecule has 0 unspecified atom stereocenters. The van der Waals surface area contributed by atoms with Gasteiger partial charge in [0.15, 0.2) is 6.61 Å². The highest BCUT2D eigenvalue weighted by molar-refractivity contribution is 5.83. The number of fused-ring (bicyclic) bond motifs is 1. The van der Waals surface area contributed by atoms with Gasteiger partial charge in [-0.25, -0.2) is 0 Å². The molecule has 0 fully saturated rings. The van der Waals surface area contributed by atoms with Crippen LogP contribution in [0.2, 0.25) is 0 Å². The first kappa shape index (κ1) is 18.0. The van der Waals surface area contributed by atoms with Gasteiger partial charge in [-0.1, -0.05) is 25.1 Å². The lowest BCUT2D eigenvalue weighted by molar-refractivity contribution is -0.149. The van der Waals surface area contributed by atoms with Crippen LogP contribution in [-0.4, -0.2) is 29.0 Å². The summed E-state index contributed by atoms with van der Waals surface area (Å²) in [7, 11) is 0. The van der Waals surface area contributed by atoms with Crippen molar-refractivity contribution in [1.29, 1.82) is 0 Å². The van der Waals surface area contributed by atoms with Crippen molar-refractivity contribution in [2.75, 3.05) is 6.61 Å². The number of aromatic nitrogens is 1. The van der Waals surface area contributed by atoms with Crippen LogP contribution in [0.5, 0.6) is 0 Å². The first-order valence-electron chi connectivity index (χ1n) is 8.43. The molecule has 0 spiro atoms. The zero-order valence-corrected chi connectivity index (χ0v) is 14.6. The molecule has 1 aromatic carbocycles. The van der Waals surface area contributed by atoms with Crippen LogP contribution in [0.15, 0.2) is 30.5 Å². The van der Waals surface area contributed by atoms with Gasteiger partial charge in [-0.15, -0.1) is 0 Å². The number of benzene rings is 1. The lowest BCUT2D eigenvalue weighted by atomic mass is 10.0. The first-order chi connectivity index (χ1) is 11.4. The smallest absolute Gasteiger partial charge is 0.306 e. The van der Waals surface area contributed by atoms with Crippen LogP contribution in [0.1, 0.15) is 45.6 Å². The second kappa shape index (κ2) is 7.99. The van der Waals surface area contributed by atoms with E-state index < -0.39 is 0 Å². The molecule has 24 heavy (non-hydrogen) atoms. The Morgan fingerprint density at radius 2 is 2.00 bits per heavy atom. The maximum Gasteiger partial charge on any atom is 0.306 e. The van der Waals surface area contributed by atoms with Crippen LogP contribution in [0.3, 0.4) is 0 Å². The number of para-hydroxylation sites is 1. The van der Waals surface area contributed by atoms with Gasteiger partial charge in [0.2, 0.25) is 0 Å². The van der Waals surface area contributed by atoms with Crippen molar-refractivity contribution >= 4 is 22.8 Å². The summed E-state index contributed by atoms with van der Waals surface area (Å²) in [6, 6.07) is 8.10. The molecule has 5 nitrogen and oxygen atoms in total. The number of aromatic amines is 1. The molecule has 0 aliphatic heterocycles. The Bertz CT molecular complexity index is 703.